The smallest absolute Gasteiger partial charge is 0.338 e. The molecule has 22 heavy (non-hydrogen) atoms. The fourth-order valence-electron chi connectivity index (χ4n) is 3.43. The third kappa shape index (κ3) is 2.84. The first-order valence-electron chi connectivity index (χ1n) is 7.57. The van der Waals surface area contributed by atoms with Crippen LogP contribution in [0.15, 0.2) is 24.3 Å². The molecule has 3 nitrogen and oxygen atoms in total. The summed E-state index contributed by atoms with van der Waals surface area (Å²) in [5, 5.41) is 3.26. The van der Waals surface area contributed by atoms with Gasteiger partial charge in [-0.3, -0.25) is 4.79 Å². The van der Waals surface area contributed by atoms with E-state index < -0.39 is 11.7 Å². The summed E-state index contributed by atoms with van der Waals surface area (Å²) in [6.07, 6.45) is -1.75. The fraction of sp³-hybridized carbons (Fsp3) is 0.562. The van der Waals surface area contributed by atoms with E-state index in [0.29, 0.717) is 13.1 Å². The van der Waals surface area contributed by atoms with Crippen molar-refractivity contribution < 1.29 is 18.0 Å². The number of piperidine rings is 1. The molecule has 1 N–H and O–H groups in total. The highest BCUT2D eigenvalue weighted by molar-refractivity contribution is 5.85. The molecule has 1 aromatic rings. The summed E-state index contributed by atoms with van der Waals surface area (Å²) in [4.78, 5) is 14.4. The molecule has 1 aromatic carbocycles. The summed E-state index contributed by atoms with van der Waals surface area (Å²) >= 11 is 0. The van der Waals surface area contributed by atoms with Gasteiger partial charge in [-0.1, -0.05) is 12.1 Å². The molecule has 2 heterocycles. The van der Waals surface area contributed by atoms with Crippen LogP contribution in [0.4, 0.5) is 13.2 Å². The number of carbonyl (C=O) groups is 1. The second kappa shape index (κ2) is 5.57. The Balaban J connectivity index is 1.68. The molecule has 6 heteroatoms. The Labute approximate surface area is 127 Å². The second-order valence-electron chi connectivity index (χ2n) is 6.20. The van der Waals surface area contributed by atoms with Crippen molar-refractivity contribution in [3.63, 3.8) is 0 Å². The van der Waals surface area contributed by atoms with Crippen LogP contribution in [0.3, 0.4) is 0 Å². The van der Waals surface area contributed by atoms with E-state index >= 15 is 0 Å². The minimum atomic E-state index is -4.32. The van der Waals surface area contributed by atoms with Gasteiger partial charge in [0.15, 0.2) is 0 Å². The highest BCUT2D eigenvalue weighted by Crippen LogP contribution is 2.40. The molecule has 0 unspecified atom stereocenters. The van der Waals surface area contributed by atoms with Crippen LogP contribution in [0.1, 0.15) is 30.4 Å². The number of carbonyl (C=O) groups excluding carboxylic acids is 1. The number of hydrogen-bond acceptors (Lipinski definition) is 2. The molecule has 0 aliphatic carbocycles. The van der Waals surface area contributed by atoms with Gasteiger partial charge in [0, 0.05) is 13.1 Å². The van der Waals surface area contributed by atoms with Gasteiger partial charge < -0.3 is 10.2 Å². The monoisotopic (exact) mass is 312 g/mol. The number of nitrogens with one attached hydrogen (secondary N) is 1. The van der Waals surface area contributed by atoms with Crippen molar-refractivity contribution in [2.45, 2.75) is 32.0 Å². The summed E-state index contributed by atoms with van der Waals surface area (Å²) in [6.45, 7) is 2.81. The number of nitrogens with zero attached hydrogens (tertiary/aromatic N) is 1. The molecule has 0 bridgehead atoms. The van der Waals surface area contributed by atoms with Crippen LogP contribution in [0.5, 0.6) is 0 Å². The predicted molar refractivity (Wildman–Crippen MR) is 76.0 cm³/mol. The zero-order valence-corrected chi connectivity index (χ0v) is 12.2. The molecular formula is C16H19F3N2O. The Morgan fingerprint density at radius 2 is 1.73 bits per heavy atom. The van der Waals surface area contributed by atoms with Crippen LogP contribution in [-0.2, 0) is 17.5 Å². The molecular weight excluding hydrogens is 293 g/mol. The largest absolute Gasteiger partial charge is 0.416 e. The molecule has 120 valence electrons. The van der Waals surface area contributed by atoms with Gasteiger partial charge in [-0.25, -0.2) is 0 Å². The Bertz CT molecular complexity index is 548. The SMILES string of the molecule is O=C1N(Cc2ccc(C(F)(F)F)cc2)CCC12CCNCC2. The van der Waals surface area contributed by atoms with Crippen molar-refractivity contribution in [1.82, 2.24) is 10.2 Å². The number of likely N-dealkylation sites (tertiary alicyclic amines) is 1. The lowest BCUT2D eigenvalue weighted by molar-refractivity contribution is -0.138. The topological polar surface area (TPSA) is 32.3 Å². The maximum atomic E-state index is 12.6. The van der Waals surface area contributed by atoms with E-state index in [9.17, 15) is 18.0 Å². The van der Waals surface area contributed by atoms with Gasteiger partial charge >= 0.3 is 6.18 Å². The lowest BCUT2D eigenvalue weighted by atomic mass is 9.78. The molecule has 0 atom stereocenters. The van der Waals surface area contributed by atoms with Crippen molar-refractivity contribution >= 4 is 5.91 Å². The molecule has 2 fully saturated rings. The molecule has 0 saturated carbocycles. The second-order valence-corrected chi connectivity index (χ2v) is 6.20. The number of amides is 1. The Morgan fingerprint density at radius 1 is 1.09 bits per heavy atom. The van der Waals surface area contributed by atoms with Crippen LogP contribution in [-0.4, -0.2) is 30.4 Å². The van der Waals surface area contributed by atoms with Crippen molar-refractivity contribution in [3.05, 3.63) is 35.4 Å². The van der Waals surface area contributed by atoms with Crippen LogP contribution in [0, 0.1) is 5.41 Å². The molecule has 1 spiro atoms. The van der Waals surface area contributed by atoms with Gasteiger partial charge in [-0.2, -0.15) is 13.2 Å². The van der Waals surface area contributed by atoms with Gasteiger partial charge in [-0.15, -0.1) is 0 Å². The number of benzene rings is 1. The molecule has 3 rings (SSSR count). The summed E-state index contributed by atoms with van der Waals surface area (Å²) in [5.41, 5.74) is -0.150. The lowest BCUT2D eigenvalue weighted by Gasteiger charge is -2.32. The lowest BCUT2D eigenvalue weighted by Crippen LogP contribution is -2.42. The number of hydrogen-bond donors (Lipinski definition) is 1. The standard InChI is InChI=1S/C16H19F3N2O/c17-16(18,19)13-3-1-12(2-4-13)11-21-10-7-15(14(21)22)5-8-20-9-6-15/h1-4,20H,5-11H2. The van der Waals surface area contributed by atoms with Crippen molar-refractivity contribution in [3.8, 4) is 0 Å². The summed E-state index contributed by atoms with van der Waals surface area (Å²) < 4.78 is 37.7. The quantitative estimate of drug-likeness (QED) is 0.911. The van der Waals surface area contributed by atoms with E-state index in [-0.39, 0.29) is 11.3 Å². The minimum absolute atomic E-state index is 0.161. The Hall–Kier alpha value is -1.56. The Kier molecular flexibility index (Phi) is 3.89. The minimum Gasteiger partial charge on any atom is -0.338 e. The van der Waals surface area contributed by atoms with Gasteiger partial charge in [-0.05, 0) is 50.0 Å². The van der Waals surface area contributed by atoms with Crippen LogP contribution in [0.25, 0.3) is 0 Å². The van der Waals surface area contributed by atoms with Gasteiger partial charge in [0.1, 0.15) is 0 Å². The first kappa shape index (κ1) is 15.3. The molecule has 2 aliphatic heterocycles. The zero-order chi connectivity index (χ0) is 15.8. The highest BCUT2D eigenvalue weighted by Gasteiger charge is 2.46. The molecule has 1 amide bonds. The first-order valence-corrected chi connectivity index (χ1v) is 7.57. The first-order chi connectivity index (χ1) is 10.4. The predicted octanol–water partition coefficient (Wildman–Crippen LogP) is 2.81. The number of rotatable bonds is 2. The normalized spacial score (nSPS) is 21.6. The maximum absolute atomic E-state index is 12.6. The third-order valence-electron chi connectivity index (χ3n) is 4.82. The summed E-state index contributed by atoms with van der Waals surface area (Å²) in [6, 6.07) is 5.08. The fourth-order valence-corrected chi connectivity index (χ4v) is 3.43. The van der Waals surface area contributed by atoms with Gasteiger partial charge in [0.05, 0.1) is 11.0 Å². The van der Waals surface area contributed by atoms with Crippen molar-refractivity contribution in [2.75, 3.05) is 19.6 Å². The molecule has 2 aliphatic rings. The molecule has 0 radical (unpaired) electrons. The summed E-state index contributed by atoms with van der Waals surface area (Å²) in [7, 11) is 0. The third-order valence-corrected chi connectivity index (χ3v) is 4.82. The van der Waals surface area contributed by atoms with Gasteiger partial charge in [0.25, 0.3) is 0 Å². The van der Waals surface area contributed by atoms with E-state index in [1.54, 1.807) is 4.90 Å². The van der Waals surface area contributed by atoms with E-state index in [4.69, 9.17) is 0 Å². The zero-order valence-electron chi connectivity index (χ0n) is 12.2. The van der Waals surface area contributed by atoms with Crippen molar-refractivity contribution in [1.29, 1.82) is 0 Å². The maximum Gasteiger partial charge on any atom is 0.416 e. The molecule has 2 saturated heterocycles. The summed E-state index contributed by atoms with van der Waals surface area (Å²) in [5.74, 6) is 0.161. The van der Waals surface area contributed by atoms with Crippen LogP contribution in [0.2, 0.25) is 0 Å². The van der Waals surface area contributed by atoms with E-state index in [0.717, 1.165) is 50.0 Å². The van der Waals surface area contributed by atoms with Crippen LogP contribution < -0.4 is 5.32 Å². The van der Waals surface area contributed by atoms with Gasteiger partial charge in [0.2, 0.25) is 5.91 Å². The van der Waals surface area contributed by atoms with Crippen LogP contribution >= 0.6 is 0 Å². The molecule has 0 aromatic heterocycles. The average molecular weight is 312 g/mol. The van der Waals surface area contributed by atoms with Crippen molar-refractivity contribution in [2.24, 2.45) is 5.41 Å². The number of halogens is 3. The van der Waals surface area contributed by atoms with E-state index in [1.165, 1.54) is 12.1 Å². The average Bonchev–Trinajstić information content (AvgIpc) is 2.77. The highest BCUT2D eigenvalue weighted by atomic mass is 19.4. The number of alkyl halides is 3. The van der Waals surface area contributed by atoms with E-state index in [2.05, 4.69) is 5.32 Å². The Morgan fingerprint density at radius 3 is 2.32 bits per heavy atom. The van der Waals surface area contributed by atoms with E-state index in [1.807, 2.05) is 0 Å².